The van der Waals surface area contributed by atoms with Crippen molar-refractivity contribution < 1.29 is 15.0 Å². The summed E-state index contributed by atoms with van der Waals surface area (Å²) >= 11 is 5.97. The monoisotopic (exact) mass is 280 g/mol. The summed E-state index contributed by atoms with van der Waals surface area (Å²) in [6.45, 7) is 2.25. The Morgan fingerprint density at radius 2 is 2.37 bits per heavy atom. The third-order valence-electron chi connectivity index (χ3n) is 3.67. The fourth-order valence-corrected chi connectivity index (χ4v) is 3.08. The molecular weight excluding hydrogens is 268 g/mol. The Balaban J connectivity index is 2.37. The molecule has 2 aromatic rings. The van der Waals surface area contributed by atoms with Gasteiger partial charge in [-0.15, -0.1) is 11.6 Å². The molecule has 0 unspecified atom stereocenters. The normalized spacial score (nSPS) is 18.0. The van der Waals surface area contributed by atoms with Crippen molar-refractivity contribution in [1.29, 1.82) is 0 Å². The first-order chi connectivity index (χ1) is 9.04. The second-order valence-electron chi connectivity index (χ2n) is 4.79. The number of amides is 1. The van der Waals surface area contributed by atoms with E-state index in [9.17, 15) is 15.0 Å². The molecule has 1 amide bonds. The highest BCUT2D eigenvalue weighted by Crippen LogP contribution is 2.45. The Labute approximate surface area is 114 Å². The maximum atomic E-state index is 11.3. The summed E-state index contributed by atoms with van der Waals surface area (Å²) in [7, 11) is 0. The van der Waals surface area contributed by atoms with Gasteiger partial charge in [-0.3, -0.25) is 4.90 Å². The number of aromatic hydroxyl groups is 1. The highest BCUT2D eigenvalue weighted by Gasteiger charge is 2.35. The topological polar surface area (TPSA) is 76.6 Å². The van der Waals surface area contributed by atoms with Crippen LogP contribution in [0.4, 0.5) is 10.5 Å². The maximum absolute atomic E-state index is 11.3. The number of hydrogen-bond donors (Lipinski definition) is 3. The van der Waals surface area contributed by atoms with Crippen molar-refractivity contribution in [2.75, 3.05) is 17.3 Å². The summed E-state index contributed by atoms with van der Waals surface area (Å²) in [6, 6.07) is 1.49. The number of H-pyrrole nitrogens is 1. The summed E-state index contributed by atoms with van der Waals surface area (Å²) in [6.07, 6.45) is 0.778. The van der Waals surface area contributed by atoms with Gasteiger partial charge in [-0.25, -0.2) is 4.79 Å². The summed E-state index contributed by atoms with van der Waals surface area (Å²) in [4.78, 5) is 15.5. The Hall–Kier alpha value is -1.88. The quantitative estimate of drug-likeness (QED) is 0.703. The Morgan fingerprint density at radius 3 is 3.00 bits per heavy atom. The molecular formula is C13H13ClN2O3. The van der Waals surface area contributed by atoms with Crippen molar-refractivity contribution in [1.82, 2.24) is 4.98 Å². The van der Waals surface area contributed by atoms with Crippen LogP contribution in [-0.4, -0.2) is 33.7 Å². The van der Waals surface area contributed by atoms with Crippen molar-refractivity contribution in [3.05, 3.63) is 23.4 Å². The van der Waals surface area contributed by atoms with Gasteiger partial charge in [-0.1, -0.05) is 0 Å². The second-order valence-corrected chi connectivity index (χ2v) is 5.10. The van der Waals surface area contributed by atoms with Crippen LogP contribution in [-0.2, 0) is 0 Å². The zero-order chi connectivity index (χ0) is 13.7. The number of nitrogens with one attached hydrogen (secondary N) is 1. The molecule has 5 nitrogen and oxygen atoms in total. The molecule has 1 aromatic carbocycles. The van der Waals surface area contributed by atoms with E-state index in [-0.39, 0.29) is 11.7 Å². The van der Waals surface area contributed by atoms with Gasteiger partial charge < -0.3 is 15.2 Å². The average Bonchev–Trinajstić information content (AvgIpc) is 2.90. The van der Waals surface area contributed by atoms with Crippen molar-refractivity contribution in [3.8, 4) is 5.75 Å². The molecule has 0 spiro atoms. The molecule has 2 heterocycles. The van der Waals surface area contributed by atoms with Crippen molar-refractivity contribution >= 4 is 34.3 Å². The number of carboxylic acid groups (broad SMARTS) is 1. The Kier molecular flexibility index (Phi) is 2.60. The molecule has 0 aliphatic carbocycles. The van der Waals surface area contributed by atoms with Crippen molar-refractivity contribution in [2.45, 2.75) is 12.8 Å². The molecule has 0 bridgehead atoms. The summed E-state index contributed by atoms with van der Waals surface area (Å²) < 4.78 is 0. The Morgan fingerprint density at radius 1 is 1.63 bits per heavy atom. The van der Waals surface area contributed by atoms with Crippen LogP contribution >= 0.6 is 11.6 Å². The molecule has 0 radical (unpaired) electrons. The fourth-order valence-electron chi connectivity index (χ4n) is 2.83. The Bertz CT molecular complexity index is 680. The number of phenolic OH excluding ortho intramolecular Hbond substituents is 1. The summed E-state index contributed by atoms with van der Waals surface area (Å²) in [5, 5.41) is 20.2. The minimum atomic E-state index is -1.03. The number of benzene rings is 1. The molecule has 100 valence electrons. The zero-order valence-electron chi connectivity index (χ0n) is 10.3. The first-order valence-corrected chi connectivity index (χ1v) is 6.48. The predicted molar refractivity (Wildman–Crippen MR) is 73.5 cm³/mol. The van der Waals surface area contributed by atoms with Crippen LogP contribution in [0, 0.1) is 6.92 Å². The van der Waals surface area contributed by atoms with Crippen LogP contribution in [0.5, 0.6) is 5.75 Å². The number of fused-ring (bicyclic) bond motifs is 3. The van der Waals surface area contributed by atoms with Gasteiger partial charge in [-0.2, -0.15) is 0 Å². The molecule has 0 saturated heterocycles. The number of carbonyl (C=O) groups is 1. The van der Waals surface area contributed by atoms with Crippen molar-refractivity contribution in [3.63, 3.8) is 0 Å². The van der Waals surface area contributed by atoms with Gasteiger partial charge in [0.05, 0.1) is 11.2 Å². The van der Waals surface area contributed by atoms with Gasteiger partial charge in [0, 0.05) is 36.0 Å². The average molecular weight is 281 g/mol. The third-order valence-corrected chi connectivity index (χ3v) is 4.04. The lowest BCUT2D eigenvalue weighted by molar-refractivity contribution is 0.202. The van der Waals surface area contributed by atoms with E-state index in [2.05, 4.69) is 4.98 Å². The van der Waals surface area contributed by atoms with Crippen LogP contribution in [0.1, 0.15) is 17.0 Å². The lowest BCUT2D eigenvalue weighted by Gasteiger charge is -2.13. The number of aryl methyl sites for hydroxylation is 1. The molecule has 6 heteroatoms. The number of rotatable bonds is 1. The van der Waals surface area contributed by atoms with Gasteiger partial charge in [0.15, 0.2) is 0 Å². The molecule has 1 atom stereocenters. The zero-order valence-corrected chi connectivity index (χ0v) is 11.0. The highest BCUT2D eigenvalue weighted by molar-refractivity contribution is 6.19. The van der Waals surface area contributed by atoms with E-state index in [1.165, 1.54) is 11.0 Å². The van der Waals surface area contributed by atoms with E-state index in [1.807, 2.05) is 6.92 Å². The number of alkyl halides is 1. The molecule has 1 aliphatic heterocycles. The van der Waals surface area contributed by atoms with Crippen LogP contribution < -0.4 is 4.90 Å². The predicted octanol–water partition coefficient (Wildman–Crippen LogP) is 3.00. The number of nitrogens with zero attached hydrogens (tertiary/aromatic N) is 1. The number of aromatic nitrogens is 1. The minimum Gasteiger partial charge on any atom is -0.506 e. The van der Waals surface area contributed by atoms with Crippen LogP contribution in [0.25, 0.3) is 10.9 Å². The maximum Gasteiger partial charge on any atom is 0.411 e. The molecule has 1 aromatic heterocycles. The van der Waals surface area contributed by atoms with E-state index in [0.717, 1.165) is 16.5 Å². The van der Waals surface area contributed by atoms with E-state index in [0.29, 0.717) is 23.6 Å². The van der Waals surface area contributed by atoms with Gasteiger partial charge in [0.2, 0.25) is 0 Å². The standard InChI is InChI=1S/C13H13ClN2O3/c1-6-4-15-12-9(17)2-8-11(10(6)12)7(3-14)5-16(8)13(18)19/h2,4,7,15,17H,3,5H2,1H3,(H,18,19)/t7-/m1/s1. The number of hydrogen-bond acceptors (Lipinski definition) is 2. The minimum absolute atomic E-state index is 0.0506. The number of halogens is 1. The molecule has 3 N–H and O–H groups in total. The van der Waals surface area contributed by atoms with Gasteiger partial charge in [-0.05, 0) is 18.1 Å². The fraction of sp³-hybridized carbons (Fsp3) is 0.308. The van der Waals surface area contributed by atoms with E-state index >= 15 is 0 Å². The molecule has 0 fully saturated rings. The van der Waals surface area contributed by atoms with Gasteiger partial charge >= 0.3 is 6.09 Å². The van der Waals surface area contributed by atoms with E-state index in [1.54, 1.807) is 6.20 Å². The first-order valence-electron chi connectivity index (χ1n) is 5.94. The SMILES string of the molecule is Cc1c[nH]c2c(O)cc3c(c12)[C@H](CCl)CN3C(=O)O. The van der Waals surface area contributed by atoms with Crippen LogP contribution in [0.3, 0.4) is 0 Å². The van der Waals surface area contributed by atoms with Crippen LogP contribution in [0.2, 0.25) is 0 Å². The third kappa shape index (κ3) is 1.58. The van der Waals surface area contributed by atoms with Gasteiger partial charge in [0.1, 0.15) is 5.75 Å². The van der Waals surface area contributed by atoms with Gasteiger partial charge in [0.25, 0.3) is 0 Å². The largest absolute Gasteiger partial charge is 0.506 e. The lowest BCUT2D eigenvalue weighted by atomic mass is 9.97. The number of anilines is 1. The smallest absolute Gasteiger partial charge is 0.411 e. The lowest BCUT2D eigenvalue weighted by Crippen LogP contribution is -2.28. The summed E-state index contributed by atoms with van der Waals surface area (Å²) in [5.74, 6) is 0.357. The molecule has 19 heavy (non-hydrogen) atoms. The second kappa shape index (κ2) is 4.06. The van der Waals surface area contributed by atoms with E-state index < -0.39 is 6.09 Å². The van der Waals surface area contributed by atoms with Crippen molar-refractivity contribution in [2.24, 2.45) is 0 Å². The van der Waals surface area contributed by atoms with Crippen LogP contribution in [0.15, 0.2) is 12.3 Å². The molecule has 0 saturated carbocycles. The molecule has 1 aliphatic rings. The van der Waals surface area contributed by atoms with E-state index in [4.69, 9.17) is 11.6 Å². The first kappa shape index (κ1) is 12.2. The molecule has 3 rings (SSSR count). The highest BCUT2D eigenvalue weighted by atomic mass is 35.5. The number of phenols is 1. The number of aromatic amines is 1. The summed E-state index contributed by atoms with van der Waals surface area (Å²) in [5.41, 5.74) is 3.05.